The van der Waals surface area contributed by atoms with E-state index in [2.05, 4.69) is 25.8 Å². The van der Waals surface area contributed by atoms with E-state index in [-0.39, 0.29) is 18.5 Å². The maximum Gasteiger partial charge on any atom is 0.123 e. The van der Waals surface area contributed by atoms with Crippen LogP contribution < -0.4 is 0 Å². The predicted octanol–water partition coefficient (Wildman–Crippen LogP) is 2.84. The molecule has 0 saturated carbocycles. The molecular weight excluding hydrogens is 355 g/mol. The van der Waals surface area contributed by atoms with E-state index in [9.17, 15) is 9.50 Å². The molecule has 0 bridgehead atoms. The molecule has 1 N–H and O–H groups in total. The molecule has 5 nitrogen and oxygen atoms in total. The lowest BCUT2D eigenvalue weighted by atomic mass is 10.1. The van der Waals surface area contributed by atoms with Crippen LogP contribution in [0.25, 0.3) is 11.0 Å². The van der Waals surface area contributed by atoms with Crippen molar-refractivity contribution in [3.8, 4) is 0 Å². The van der Waals surface area contributed by atoms with Gasteiger partial charge in [-0.05, 0) is 35.7 Å². The molecule has 1 aliphatic heterocycles. The summed E-state index contributed by atoms with van der Waals surface area (Å²) in [6.07, 6.45) is 4.19. The fourth-order valence-electron chi connectivity index (χ4n) is 3.98. The van der Waals surface area contributed by atoms with E-state index in [4.69, 9.17) is 0 Å². The van der Waals surface area contributed by atoms with Gasteiger partial charge < -0.3 is 5.11 Å². The van der Waals surface area contributed by atoms with Gasteiger partial charge in [-0.15, -0.1) is 0 Å². The first-order valence-corrected chi connectivity index (χ1v) is 9.73. The average molecular weight is 380 g/mol. The first-order valence-electron chi connectivity index (χ1n) is 9.73. The second kappa shape index (κ2) is 8.73. The maximum absolute atomic E-state index is 13.2. The van der Waals surface area contributed by atoms with Gasteiger partial charge in [0.1, 0.15) is 5.82 Å². The lowest BCUT2D eigenvalue weighted by molar-refractivity contribution is 0.0501. The first-order chi connectivity index (χ1) is 13.7. The van der Waals surface area contributed by atoms with Crippen molar-refractivity contribution in [3.05, 3.63) is 71.8 Å². The van der Waals surface area contributed by atoms with Crippen LogP contribution in [0.1, 0.15) is 17.5 Å². The summed E-state index contributed by atoms with van der Waals surface area (Å²) in [7, 11) is 0. The number of piperazine rings is 1. The summed E-state index contributed by atoms with van der Waals surface area (Å²) in [5, 5.41) is 9.54. The highest BCUT2D eigenvalue weighted by Gasteiger charge is 2.27. The number of aliphatic hydroxyl groups is 1. The Morgan fingerprint density at radius 2 is 1.82 bits per heavy atom. The molecule has 0 aliphatic carbocycles. The first kappa shape index (κ1) is 18.9. The fourth-order valence-corrected chi connectivity index (χ4v) is 3.98. The van der Waals surface area contributed by atoms with Crippen molar-refractivity contribution in [3.63, 3.8) is 0 Å². The van der Waals surface area contributed by atoms with Crippen molar-refractivity contribution in [2.45, 2.75) is 25.6 Å². The van der Waals surface area contributed by atoms with E-state index in [0.29, 0.717) is 0 Å². The Morgan fingerprint density at radius 1 is 1.00 bits per heavy atom. The molecule has 1 fully saturated rings. The minimum atomic E-state index is -0.210. The zero-order valence-corrected chi connectivity index (χ0v) is 15.8. The third-order valence-corrected chi connectivity index (χ3v) is 5.43. The molecule has 1 atom stereocenters. The zero-order chi connectivity index (χ0) is 19.3. The lowest BCUT2D eigenvalue weighted by Gasteiger charge is -2.41. The molecule has 3 aromatic rings. The van der Waals surface area contributed by atoms with E-state index >= 15 is 0 Å². The summed E-state index contributed by atoms with van der Waals surface area (Å²) >= 11 is 0. The molecule has 1 saturated heterocycles. The number of hydrogen-bond acceptors (Lipinski definition) is 5. The molecule has 2 heterocycles. The third-order valence-electron chi connectivity index (χ3n) is 5.43. The molecule has 2 aromatic carbocycles. The Labute approximate surface area is 164 Å². The zero-order valence-electron chi connectivity index (χ0n) is 15.8. The van der Waals surface area contributed by atoms with Gasteiger partial charge in [0.2, 0.25) is 0 Å². The van der Waals surface area contributed by atoms with Crippen LogP contribution in [0, 0.1) is 5.82 Å². The summed E-state index contributed by atoms with van der Waals surface area (Å²) in [6, 6.07) is 13.1. The molecule has 146 valence electrons. The standard InChI is InChI=1S/C22H25FN4O/c23-19-6-4-17(5-7-19)14-27-12-11-26(16-20(27)8-13-28)15-18-2-1-3-21-22(18)25-10-9-24-21/h1-7,9-10,20,28H,8,11-16H2/t20-/m0/s1. The molecule has 1 aliphatic rings. The van der Waals surface area contributed by atoms with Crippen LogP contribution in [0.15, 0.2) is 54.9 Å². The number of hydrogen-bond donors (Lipinski definition) is 1. The smallest absolute Gasteiger partial charge is 0.123 e. The summed E-state index contributed by atoms with van der Waals surface area (Å²) in [4.78, 5) is 13.7. The Bertz CT molecular complexity index is 913. The Kier molecular flexibility index (Phi) is 5.90. The van der Waals surface area contributed by atoms with Crippen molar-refractivity contribution >= 4 is 11.0 Å². The van der Waals surface area contributed by atoms with Gasteiger partial charge in [-0.25, -0.2) is 4.39 Å². The quantitative estimate of drug-likeness (QED) is 0.713. The average Bonchev–Trinajstić information content (AvgIpc) is 2.72. The van der Waals surface area contributed by atoms with Gasteiger partial charge in [-0.2, -0.15) is 0 Å². The maximum atomic E-state index is 13.2. The topological polar surface area (TPSA) is 52.5 Å². The minimum absolute atomic E-state index is 0.165. The highest BCUT2D eigenvalue weighted by atomic mass is 19.1. The fraction of sp³-hybridized carbons (Fsp3) is 0.364. The van der Waals surface area contributed by atoms with Gasteiger partial charge in [0.25, 0.3) is 0 Å². The van der Waals surface area contributed by atoms with Crippen LogP contribution in [0.4, 0.5) is 4.39 Å². The van der Waals surface area contributed by atoms with Crippen LogP contribution in [0.5, 0.6) is 0 Å². The van der Waals surface area contributed by atoms with Gasteiger partial charge in [-0.1, -0.05) is 24.3 Å². The van der Waals surface area contributed by atoms with E-state index < -0.39 is 0 Å². The number of aliphatic hydroxyl groups excluding tert-OH is 1. The molecule has 0 unspecified atom stereocenters. The summed E-state index contributed by atoms with van der Waals surface area (Å²) in [6.45, 7) is 4.51. The van der Waals surface area contributed by atoms with Gasteiger partial charge in [0.15, 0.2) is 0 Å². The van der Waals surface area contributed by atoms with E-state index in [1.165, 1.54) is 17.7 Å². The van der Waals surface area contributed by atoms with Crippen LogP contribution in [0.2, 0.25) is 0 Å². The highest BCUT2D eigenvalue weighted by Crippen LogP contribution is 2.21. The van der Waals surface area contributed by atoms with Gasteiger partial charge in [0.05, 0.1) is 11.0 Å². The SMILES string of the molecule is OCC[C@H]1CN(Cc2cccc3nccnc23)CCN1Cc1ccc(F)cc1. The van der Waals surface area contributed by atoms with Crippen molar-refractivity contribution < 1.29 is 9.50 Å². The molecule has 28 heavy (non-hydrogen) atoms. The van der Waals surface area contributed by atoms with Crippen molar-refractivity contribution in [1.82, 2.24) is 19.8 Å². The molecular formula is C22H25FN4O. The van der Waals surface area contributed by atoms with Gasteiger partial charge in [0, 0.05) is 57.8 Å². The molecule has 0 amide bonds. The van der Waals surface area contributed by atoms with Crippen LogP contribution in [0.3, 0.4) is 0 Å². The minimum Gasteiger partial charge on any atom is -0.396 e. The molecule has 1 aromatic heterocycles. The Morgan fingerprint density at radius 3 is 2.64 bits per heavy atom. The number of rotatable bonds is 6. The van der Waals surface area contributed by atoms with E-state index in [1.807, 2.05) is 24.3 Å². The van der Waals surface area contributed by atoms with Gasteiger partial charge >= 0.3 is 0 Å². The second-order valence-corrected chi connectivity index (χ2v) is 7.34. The van der Waals surface area contributed by atoms with Crippen molar-refractivity contribution in [2.24, 2.45) is 0 Å². The summed E-state index contributed by atoms with van der Waals surface area (Å²) in [5.74, 6) is -0.210. The number of fused-ring (bicyclic) bond motifs is 1. The summed E-state index contributed by atoms with van der Waals surface area (Å²) in [5.41, 5.74) is 4.15. The number of nitrogens with zero attached hydrogens (tertiary/aromatic N) is 4. The van der Waals surface area contributed by atoms with Crippen LogP contribution in [-0.4, -0.2) is 57.2 Å². The number of halogens is 1. The lowest BCUT2D eigenvalue weighted by Crippen LogP contribution is -2.52. The summed E-state index contributed by atoms with van der Waals surface area (Å²) < 4.78 is 13.2. The largest absolute Gasteiger partial charge is 0.396 e. The molecule has 0 radical (unpaired) electrons. The predicted molar refractivity (Wildman–Crippen MR) is 107 cm³/mol. The van der Waals surface area contributed by atoms with Crippen molar-refractivity contribution in [2.75, 3.05) is 26.2 Å². The monoisotopic (exact) mass is 380 g/mol. The molecule has 4 rings (SSSR count). The Balaban J connectivity index is 1.45. The third kappa shape index (κ3) is 4.35. The number of benzene rings is 2. The molecule has 0 spiro atoms. The van der Waals surface area contributed by atoms with E-state index in [0.717, 1.165) is 55.7 Å². The van der Waals surface area contributed by atoms with Crippen molar-refractivity contribution in [1.29, 1.82) is 0 Å². The molecule has 6 heteroatoms. The normalized spacial score (nSPS) is 18.6. The van der Waals surface area contributed by atoms with Gasteiger partial charge in [-0.3, -0.25) is 19.8 Å². The van der Waals surface area contributed by atoms with E-state index in [1.54, 1.807) is 12.4 Å². The second-order valence-electron chi connectivity index (χ2n) is 7.34. The number of aromatic nitrogens is 2. The number of para-hydroxylation sites is 1. The van der Waals surface area contributed by atoms with Crippen LogP contribution >= 0.6 is 0 Å². The highest BCUT2D eigenvalue weighted by molar-refractivity contribution is 5.77. The van der Waals surface area contributed by atoms with Crippen LogP contribution in [-0.2, 0) is 13.1 Å². The Hall–Kier alpha value is -2.41.